The van der Waals surface area contributed by atoms with Gasteiger partial charge in [-0.25, -0.2) is 4.68 Å². The minimum atomic E-state index is 0.303. The van der Waals surface area contributed by atoms with Crippen molar-refractivity contribution in [3.05, 3.63) is 11.4 Å². The quantitative estimate of drug-likeness (QED) is 0.874. The van der Waals surface area contributed by atoms with Crippen molar-refractivity contribution in [2.75, 3.05) is 26.9 Å². The highest BCUT2D eigenvalue weighted by atomic mass is 16.5. The largest absolute Gasteiger partial charge is 0.381 e. The van der Waals surface area contributed by atoms with E-state index >= 15 is 0 Å². The molecule has 6 nitrogen and oxygen atoms in total. The second kappa shape index (κ2) is 6.65. The molecule has 1 aromatic rings. The Morgan fingerprint density at radius 1 is 1.25 bits per heavy atom. The zero-order chi connectivity index (χ0) is 13.8. The van der Waals surface area contributed by atoms with Gasteiger partial charge in [-0.15, -0.1) is 5.10 Å². The number of rotatable bonds is 5. The summed E-state index contributed by atoms with van der Waals surface area (Å²) in [5, 5.41) is 11.9. The SMILES string of the molecule is CNCc1nnn(CC2CCCO2)c1C1CCOCC1. The summed E-state index contributed by atoms with van der Waals surface area (Å²) < 4.78 is 13.3. The summed E-state index contributed by atoms with van der Waals surface area (Å²) in [6, 6.07) is 0. The van der Waals surface area contributed by atoms with Gasteiger partial charge in [0.05, 0.1) is 24.0 Å². The van der Waals surface area contributed by atoms with Gasteiger partial charge in [-0.05, 0) is 32.7 Å². The van der Waals surface area contributed by atoms with E-state index < -0.39 is 0 Å². The normalized spacial score (nSPS) is 24.4. The summed E-state index contributed by atoms with van der Waals surface area (Å²) in [6.07, 6.45) is 4.73. The van der Waals surface area contributed by atoms with E-state index in [-0.39, 0.29) is 0 Å². The highest BCUT2D eigenvalue weighted by molar-refractivity contribution is 5.16. The predicted octanol–water partition coefficient (Wildman–Crippen LogP) is 1.07. The zero-order valence-electron chi connectivity index (χ0n) is 12.2. The van der Waals surface area contributed by atoms with Gasteiger partial charge in [-0.1, -0.05) is 5.21 Å². The van der Waals surface area contributed by atoms with Gasteiger partial charge in [-0.2, -0.15) is 0 Å². The van der Waals surface area contributed by atoms with Crippen molar-refractivity contribution in [3.63, 3.8) is 0 Å². The molecule has 0 saturated carbocycles. The number of ether oxygens (including phenoxy) is 2. The molecule has 1 atom stereocenters. The van der Waals surface area contributed by atoms with Crippen LogP contribution < -0.4 is 5.32 Å². The van der Waals surface area contributed by atoms with Crippen LogP contribution in [0.25, 0.3) is 0 Å². The molecule has 2 aliphatic rings. The van der Waals surface area contributed by atoms with E-state index in [0.717, 1.165) is 64.3 Å². The summed E-state index contributed by atoms with van der Waals surface area (Å²) in [5.74, 6) is 0.517. The molecule has 0 amide bonds. The standard InChI is InChI=1S/C14H24N4O2/c1-15-9-13-14(11-4-7-19-8-5-11)18(17-16-13)10-12-3-2-6-20-12/h11-12,15H,2-10H2,1H3. The average Bonchev–Trinajstić information content (AvgIpc) is 3.11. The third-order valence-electron chi connectivity index (χ3n) is 4.20. The molecule has 1 aromatic heterocycles. The van der Waals surface area contributed by atoms with Crippen LogP contribution in [0.1, 0.15) is 43.0 Å². The van der Waals surface area contributed by atoms with E-state index in [1.54, 1.807) is 0 Å². The van der Waals surface area contributed by atoms with Crippen LogP contribution in [0.3, 0.4) is 0 Å². The minimum absolute atomic E-state index is 0.303. The fourth-order valence-electron chi connectivity index (χ4n) is 3.18. The molecule has 2 aliphatic heterocycles. The first-order valence-electron chi connectivity index (χ1n) is 7.64. The van der Waals surface area contributed by atoms with Gasteiger partial charge in [0.15, 0.2) is 0 Å². The Balaban J connectivity index is 1.80. The maximum absolute atomic E-state index is 5.74. The second-order valence-electron chi connectivity index (χ2n) is 5.66. The molecule has 20 heavy (non-hydrogen) atoms. The summed E-state index contributed by atoms with van der Waals surface area (Å²) >= 11 is 0. The summed E-state index contributed by atoms with van der Waals surface area (Å²) in [4.78, 5) is 0. The Morgan fingerprint density at radius 3 is 2.80 bits per heavy atom. The van der Waals surface area contributed by atoms with Gasteiger partial charge in [0, 0.05) is 32.3 Å². The molecule has 2 fully saturated rings. The van der Waals surface area contributed by atoms with Crippen LogP contribution in [-0.4, -0.2) is 48.0 Å². The van der Waals surface area contributed by atoms with Gasteiger partial charge >= 0.3 is 0 Å². The van der Waals surface area contributed by atoms with Crippen LogP contribution in [0, 0.1) is 0 Å². The summed E-state index contributed by atoms with van der Waals surface area (Å²) in [5.41, 5.74) is 2.37. The Morgan fingerprint density at radius 2 is 2.10 bits per heavy atom. The lowest BCUT2D eigenvalue weighted by molar-refractivity contribution is 0.0780. The van der Waals surface area contributed by atoms with Crippen molar-refractivity contribution < 1.29 is 9.47 Å². The molecule has 6 heteroatoms. The minimum Gasteiger partial charge on any atom is -0.381 e. The topological polar surface area (TPSA) is 61.2 Å². The Kier molecular flexibility index (Phi) is 4.65. The number of aromatic nitrogens is 3. The molecule has 0 radical (unpaired) electrons. The lowest BCUT2D eigenvalue weighted by atomic mass is 9.94. The van der Waals surface area contributed by atoms with Crippen molar-refractivity contribution in [1.82, 2.24) is 20.3 Å². The third kappa shape index (κ3) is 3.02. The summed E-state index contributed by atoms with van der Waals surface area (Å²) in [6.45, 7) is 4.18. The lowest BCUT2D eigenvalue weighted by Gasteiger charge is -2.24. The van der Waals surface area contributed by atoms with E-state index in [2.05, 4.69) is 20.3 Å². The monoisotopic (exact) mass is 280 g/mol. The molecule has 1 N–H and O–H groups in total. The van der Waals surface area contributed by atoms with Crippen molar-refractivity contribution in [2.24, 2.45) is 0 Å². The number of nitrogens with zero attached hydrogens (tertiary/aromatic N) is 3. The van der Waals surface area contributed by atoms with E-state index in [0.29, 0.717) is 12.0 Å². The summed E-state index contributed by atoms with van der Waals surface area (Å²) in [7, 11) is 1.95. The van der Waals surface area contributed by atoms with Crippen LogP contribution in [0.4, 0.5) is 0 Å². The van der Waals surface area contributed by atoms with Crippen molar-refractivity contribution in [2.45, 2.75) is 50.8 Å². The molecule has 112 valence electrons. The number of nitrogens with one attached hydrogen (secondary N) is 1. The first-order chi connectivity index (χ1) is 9.88. The van der Waals surface area contributed by atoms with Crippen LogP contribution in [0.5, 0.6) is 0 Å². The molecule has 3 rings (SSSR count). The first-order valence-corrected chi connectivity index (χ1v) is 7.64. The molecular weight excluding hydrogens is 256 g/mol. The molecule has 1 unspecified atom stereocenters. The van der Waals surface area contributed by atoms with Crippen molar-refractivity contribution in [1.29, 1.82) is 0 Å². The zero-order valence-corrected chi connectivity index (χ0v) is 12.2. The fourth-order valence-corrected chi connectivity index (χ4v) is 3.18. The molecule has 3 heterocycles. The highest BCUT2D eigenvalue weighted by Gasteiger charge is 2.26. The number of hydrogen-bond acceptors (Lipinski definition) is 5. The van der Waals surface area contributed by atoms with E-state index in [1.165, 1.54) is 5.69 Å². The highest BCUT2D eigenvalue weighted by Crippen LogP contribution is 2.29. The van der Waals surface area contributed by atoms with Gasteiger partial charge in [0.2, 0.25) is 0 Å². The van der Waals surface area contributed by atoms with E-state index in [1.807, 2.05) is 7.05 Å². The smallest absolute Gasteiger partial charge is 0.0999 e. The maximum atomic E-state index is 5.74. The van der Waals surface area contributed by atoms with E-state index in [4.69, 9.17) is 9.47 Å². The molecular formula is C14H24N4O2. The van der Waals surface area contributed by atoms with Crippen LogP contribution in [-0.2, 0) is 22.6 Å². The Labute approximate surface area is 119 Å². The van der Waals surface area contributed by atoms with E-state index in [9.17, 15) is 0 Å². The maximum Gasteiger partial charge on any atom is 0.0999 e. The predicted molar refractivity (Wildman–Crippen MR) is 74.6 cm³/mol. The lowest BCUT2D eigenvalue weighted by Crippen LogP contribution is -2.23. The average molecular weight is 280 g/mol. The van der Waals surface area contributed by atoms with Crippen LogP contribution in [0.15, 0.2) is 0 Å². The molecule has 0 spiro atoms. The molecule has 0 aliphatic carbocycles. The van der Waals surface area contributed by atoms with Crippen LogP contribution >= 0.6 is 0 Å². The van der Waals surface area contributed by atoms with Crippen molar-refractivity contribution >= 4 is 0 Å². The number of hydrogen-bond donors (Lipinski definition) is 1. The third-order valence-corrected chi connectivity index (χ3v) is 4.20. The van der Waals surface area contributed by atoms with Gasteiger partial charge in [0.1, 0.15) is 0 Å². The van der Waals surface area contributed by atoms with Crippen LogP contribution in [0.2, 0.25) is 0 Å². The van der Waals surface area contributed by atoms with Crippen molar-refractivity contribution in [3.8, 4) is 0 Å². The Hall–Kier alpha value is -0.980. The Bertz CT molecular complexity index is 423. The fraction of sp³-hybridized carbons (Fsp3) is 0.857. The molecule has 0 aromatic carbocycles. The second-order valence-corrected chi connectivity index (χ2v) is 5.66. The van der Waals surface area contributed by atoms with Gasteiger partial charge in [0.25, 0.3) is 0 Å². The molecule has 0 bridgehead atoms. The first kappa shape index (κ1) is 14.0. The van der Waals surface area contributed by atoms with Gasteiger partial charge in [-0.3, -0.25) is 0 Å². The van der Waals surface area contributed by atoms with Gasteiger partial charge < -0.3 is 14.8 Å². The molecule has 2 saturated heterocycles.